The second-order valence-corrected chi connectivity index (χ2v) is 4.31. The Morgan fingerprint density at radius 3 is 3.00 bits per heavy atom. The van der Waals surface area contributed by atoms with Crippen molar-refractivity contribution < 1.29 is 9.59 Å². The summed E-state index contributed by atoms with van der Waals surface area (Å²) in [5.74, 6) is 5.47. The number of rotatable bonds is 3. The van der Waals surface area contributed by atoms with Gasteiger partial charge in [0.1, 0.15) is 5.82 Å². The van der Waals surface area contributed by atoms with E-state index < -0.39 is 0 Å². The lowest BCUT2D eigenvalue weighted by molar-refractivity contribution is -0.123. The zero-order chi connectivity index (χ0) is 13.8. The Balaban J connectivity index is 2.24. The predicted molar refractivity (Wildman–Crippen MR) is 70.3 cm³/mol. The fraction of sp³-hybridized carbons (Fsp3) is 0.417. The molecule has 0 saturated carbocycles. The quantitative estimate of drug-likeness (QED) is 0.504. The van der Waals surface area contributed by atoms with Gasteiger partial charge in [0.2, 0.25) is 5.91 Å². The molecule has 102 valence electrons. The first-order valence-electron chi connectivity index (χ1n) is 6.17. The molecule has 1 fully saturated rings. The summed E-state index contributed by atoms with van der Waals surface area (Å²) < 4.78 is 0. The van der Waals surface area contributed by atoms with Crippen LogP contribution in [0, 0.1) is 0 Å². The molecule has 2 rings (SSSR count). The molecule has 7 nitrogen and oxygen atoms in total. The summed E-state index contributed by atoms with van der Waals surface area (Å²) in [5, 5.41) is 2.69. The lowest BCUT2D eigenvalue weighted by Crippen LogP contribution is -2.50. The number of carbonyl (C=O) groups excluding carboxylic acids is 2. The van der Waals surface area contributed by atoms with E-state index in [1.54, 1.807) is 12.1 Å². The average Bonchev–Trinajstić information content (AvgIpc) is 2.45. The summed E-state index contributed by atoms with van der Waals surface area (Å²) in [7, 11) is 0. The van der Waals surface area contributed by atoms with E-state index in [4.69, 9.17) is 5.84 Å². The van der Waals surface area contributed by atoms with Gasteiger partial charge in [-0.25, -0.2) is 10.8 Å². The molecule has 1 aliphatic rings. The van der Waals surface area contributed by atoms with Crippen molar-refractivity contribution in [1.82, 2.24) is 15.2 Å². The second-order valence-electron chi connectivity index (χ2n) is 4.31. The number of nitrogens with one attached hydrogen (secondary N) is 2. The van der Waals surface area contributed by atoms with Crippen LogP contribution in [0.5, 0.6) is 0 Å². The fourth-order valence-corrected chi connectivity index (χ4v) is 1.96. The Bertz CT molecular complexity index is 481. The van der Waals surface area contributed by atoms with Crippen molar-refractivity contribution in [3.8, 4) is 0 Å². The summed E-state index contributed by atoms with van der Waals surface area (Å²) >= 11 is 0. The number of amides is 2. The number of nitrogens with zero attached hydrogens (tertiary/aromatic N) is 2. The Morgan fingerprint density at radius 2 is 2.37 bits per heavy atom. The van der Waals surface area contributed by atoms with Crippen LogP contribution in [0.25, 0.3) is 0 Å². The molecule has 0 aromatic carbocycles. The van der Waals surface area contributed by atoms with E-state index in [9.17, 15) is 9.59 Å². The first-order valence-corrected chi connectivity index (χ1v) is 6.17. The molecule has 1 aromatic rings. The molecule has 0 bridgehead atoms. The number of nitrogen functional groups attached to an aromatic ring is 1. The highest BCUT2D eigenvalue weighted by molar-refractivity contribution is 5.97. The highest BCUT2D eigenvalue weighted by atomic mass is 16.2. The number of piperazine rings is 1. The minimum Gasteiger partial charge on any atom is -0.353 e. The van der Waals surface area contributed by atoms with Gasteiger partial charge in [-0.1, -0.05) is 6.92 Å². The molecule has 19 heavy (non-hydrogen) atoms. The summed E-state index contributed by atoms with van der Waals surface area (Å²) in [6.45, 7) is 3.04. The third kappa shape index (κ3) is 3.00. The van der Waals surface area contributed by atoms with E-state index in [0.717, 1.165) is 5.69 Å². The Hall–Kier alpha value is -2.15. The van der Waals surface area contributed by atoms with Crippen LogP contribution in [0.15, 0.2) is 12.1 Å². The molecular formula is C12H17N5O2. The maximum absolute atomic E-state index is 12.3. The number of nitrogens with two attached hydrogens (primary N) is 1. The molecule has 7 heteroatoms. The minimum absolute atomic E-state index is 0.0913. The van der Waals surface area contributed by atoms with Gasteiger partial charge in [-0.2, -0.15) is 0 Å². The van der Waals surface area contributed by atoms with Crippen molar-refractivity contribution in [2.24, 2.45) is 5.84 Å². The van der Waals surface area contributed by atoms with Gasteiger partial charge in [-0.3, -0.25) is 9.59 Å². The van der Waals surface area contributed by atoms with Gasteiger partial charge in [0.25, 0.3) is 5.91 Å². The van der Waals surface area contributed by atoms with Crippen molar-refractivity contribution >= 4 is 17.6 Å². The van der Waals surface area contributed by atoms with Gasteiger partial charge in [0, 0.05) is 24.3 Å². The molecule has 1 saturated heterocycles. The van der Waals surface area contributed by atoms with Gasteiger partial charge < -0.3 is 15.6 Å². The fourth-order valence-electron chi connectivity index (χ4n) is 1.96. The van der Waals surface area contributed by atoms with Crippen molar-refractivity contribution in [3.05, 3.63) is 23.4 Å². The van der Waals surface area contributed by atoms with Crippen LogP contribution >= 0.6 is 0 Å². The highest BCUT2D eigenvalue weighted by Crippen LogP contribution is 2.13. The third-order valence-corrected chi connectivity index (χ3v) is 2.96. The number of carbonyl (C=O) groups is 2. The SMILES string of the molecule is CCc1cc(C(=O)N2CCNC(=O)C2)cc(NN)n1. The Morgan fingerprint density at radius 1 is 1.58 bits per heavy atom. The molecule has 2 amide bonds. The average molecular weight is 263 g/mol. The normalized spacial score (nSPS) is 15.1. The summed E-state index contributed by atoms with van der Waals surface area (Å²) in [6, 6.07) is 3.32. The van der Waals surface area contributed by atoms with Crippen molar-refractivity contribution in [1.29, 1.82) is 0 Å². The maximum atomic E-state index is 12.3. The van der Waals surface area contributed by atoms with Gasteiger partial charge in [-0.05, 0) is 18.6 Å². The monoisotopic (exact) mass is 263 g/mol. The molecule has 0 spiro atoms. The summed E-state index contributed by atoms with van der Waals surface area (Å²) in [4.78, 5) is 29.4. The molecule has 1 aliphatic heterocycles. The molecule has 0 aliphatic carbocycles. The van der Waals surface area contributed by atoms with Gasteiger partial charge in [-0.15, -0.1) is 0 Å². The maximum Gasteiger partial charge on any atom is 0.254 e. The van der Waals surface area contributed by atoms with Gasteiger partial charge in [0.15, 0.2) is 0 Å². The molecular weight excluding hydrogens is 246 g/mol. The Labute approximate surface area is 111 Å². The Kier molecular flexibility index (Phi) is 3.96. The lowest BCUT2D eigenvalue weighted by atomic mass is 10.1. The van der Waals surface area contributed by atoms with E-state index in [1.165, 1.54) is 4.90 Å². The van der Waals surface area contributed by atoms with E-state index in [-0.39, 0.29) is 18.4 Å². The van der Waals surface area contributed by atoms with Crippen LogP contribution in [0.2, 0.25) is 0 Å². The highest BCUT2D eigenvalue weighted by Gasteiger charge is 2.22. The third-order valence-electron chi connectivity index (χ3n) is 2.96. The van der Waals surface area contributed by atoms with Crippen LogP contribution in [0.3, 0.4) is 0 Å². The summed E-state index contributed by atoms with van der Waals surface area (Å²) in [6.07, 6.45) is 0.705. The number of hydrazine groups is 1. The topological polar surface area (TPSA) is 100 Å². The minimum atomic E-state index is -0.177. The largest absolute Gasteiger partial charge is 0.353 e. The van der Waals surface area contributed by atoms with Crippen LogP contribution < -0.4 is 16.6 Å². The molecule has 0 unspecified atom stereocenters. The zero-order valence-electron chi connectivity index (χ0n) is 10.8. The molecule has 2 heterocycles. The number of aryl methyl sites for hydroxylation is 1. The van der Waals surface area contributed by atoms with Crippen molar-refractivity contribution in [2.75, 3.05) is 25.1 Å². The second kappa shape index (κ2) is 5.66. The van der Waals surface area contributed by atoms with Crippen LogP contribution in [-0.2, 0) is 11.2 Å². The molecule has 0 radical (unpaired) electrons. The molecule has 1 aromatic heterocycles. The van der Waals surface area contributed by atoms with Gasteiger partial charge in [0.05, 0.1) is 6.54 Å². The zero-order valence-corrected chi connectivity index (χ0v) is 10.8. The van der Waals surface area contributed by atoms with Crippen molar-refractivity contribution in [3.63, 3.8) is 0 Å². The number of pyridine rings is 1. The van der Waals surface area contributed by atoms with E-state index in [1.807, 2.05) is 6.92 Å². The first kappa shape index (κ1) is 13.3. The molecule has 4 N–H and O–H groups in total. The number of hydrogen-bond acceptors (Lipinski definition) is 5. The lowest BCUT2D eigenvalue weighted by Gasteiger charge is -2.26. The van der Waals surface area contributed by atoms with Crippen molar-refractivity contribution in [2.45, 2.75) is 13.3 Å². The number of aromatic nitrogens is 1. The van der Waals surface area contributed by atoms with E-state index in [0.29, 0.717) is 30.9 Å². The standard InChI is InChI=1S/C12H17N5O2/c1-2-9-5-8(6-10(15-9)16-13)12(19)17-4-3-14-11(18)7-17/h5-6H,2-4,7,13H2,1H3,(H,14,18)(H,15,16). The van der Waals surface area contributed by atoms with E-state index >= 15 is 0 Å². The first-order chi connectivity index (χ1) is 9.13. The summed E-state index contributed by atoms with van der Waals surface area (Å²) in [5.41, 5.74) is 3.72. The van der Waals surface area contributed by atoms with Gasteiger partial charge >= 0.3 is 0 Å². The number of anilines is 1. The van der Waals surface area contributed by atoms with Crippen LogP contribution in [-0.4, -0.2) is 41.3 Å². The van der Waals surface area contributed by atoms with E-state index in [2.05, 4.69) is 15.7 Å². The van der Waals surface area contributed by atoms with Crippen LogP contribution in [0.4, 0.5) is 5.82 Å². The smallest absolute Gasteiger partial charge is 0.254 e. The number of hydrogen-bond donors (Lipinski definition) is 3. The predicted octanol–water partition coefficient (Wildman–Crippen LogP) is -0.498. The van der Waals surface area contributed by atoms with Crippen LogP contribution in [0.1, 0.15) is 23.0 Å². The molecule has 0 atom stereocenters.